The van der Waals surface area contributed by atoms with Crippen molar-refractivity contribution in [1.82, 2.24) is 14.4 Å². The summed E-state index contributed by atoms with van der Waals surface area (Å²) in [5.41, 5.74) is 4.51. The van der Waals surface area contributed by atoms with Crippen LogP contribution in [0.15, 0.2) is 39.8 Å². The molecule has 4 rings (SSSR count). The molecule has 0 unspecified atom stereocenters. The van der Waals surface area contributed by atoms with Crippen molar-refractivity contribution in [2.75, 3.05) is 20.2 Å². The summed E-state index contributed by atoms with van der Waals surface area (Å²) in [4.78, 5) is 5.02. The maximum absolute atomic E-state index is 13.5. The third-order valence-electron chi connectivity index (χ3n) is 6.49. The van der Waals surface area contributed by atoms with Gasteiger partial charge in [0.1, 0.15) is 5.75 Å². The van der Waals surface area contributed by atoms with Gasteiger partial charge >= 0.3 is 0 Å². The van der Waals surface area contributed by atoms with Gasteiger partial charge in [-0.05, 0) is 87.1 Å². The Morgan fingerprint density at radius 3 is 2.16 bits per heavy atom. The summed E-state index contributed by atoms with van der Waals surface area (Å²) < 4.78 is 39.3. The van der Waals surface area contributed by atoms with Crippen LogP contribution in [0.5, 0.6) is 5.75 Å². The summed E-state index contributed by atoms with van der Waals surface area (Å²) in [5, 5.41) is 4.12. The highest BCUT2D eigenvalue weighted by atomic mass is 32.2. The molecule has 0 bridgehead atoms. The van der Waals surface area contributed by atoms with Crippen molar-refractivity contribution in [3.8, 4) is 17.1 Å². The molecule has 3 aromatic rings. The van der Waals surface area contributed by atoms with Crippen molar-refractivity contribution in [2.24, 2.45) is 0 Å². The Balaban J connectivity index is 1.50. The molecule has 1 saturated heterocycles. The molecule has 2 aromatic carbocycles. The van der Waals surface area contributed by atoms with E-state index in [1.165, 1.54) is 0 Å². The van der Waals surface area contributed by atoms with E-state index in [0.717, 1.165) is 33.6 Å². The fraction of sp³-hybridized carbons (Fsp3) is 0.417. The molecule has 170 valence electrons. The van der Waals surface area contributed by atoms with Crippen LogP contribution in [0.1, 0.15) is 46.9 Å². The Kier molecular flexibility index (Phi) is 6.09. The number of methoxy groups -OCH3 is 1. The number of piperidine rings is 1. The van der Waals surface area contributed by atoms with E-state index in [1.54, 1.807) is 11.4 Å². The summed E-state index contributed by atoms with van der Waals surface area (Å²) in [5.74, 6) is 1.90. The number of sulfonamides is 1. The summed E-state index contributed by atoms with van der Waals surface area (Å²) in [6, 6.07) is 9.53. The zero-order valence-corrected chi connectivity index (χ0v) is 20.0. The molecule has 2 heterocycles. The number of aryl methyl sites for hydroxylation is 2. The topological polar surface area (TPSA) is 85.5 Å². The molecular weight excluding hydrogens is 426 g/mol. The molecule has 1 fully saturated rings. The zero-order valence-electron chi connectivity index (χ0n) is 19.2. The second kappa shape index (κ2) is 8.67. The molecule has 1 aromatic heterocycles. The monoisotopic (exact) mass is 455 g/mol. The molecule has 0 spiro atoms. The summed E-state index contributed by atoms with van der Waals surface area (Å²) in [6.07, 6.45) is 1.29. The number of benzene rings is 2. The normalized spacial score (nSPS) is 15.8. The first-order valence-corrected chi connectivity index (χ1v) is 12.2. The predicted molar refractivity (Wildman–Crippen MR) is 122 cm³/mol. The molecule has 0 radical (unpaired) electrons. The molecule has 1 aliphatic rings. The van der Waals surface area contributed by atoms with Crippen LogP contribution in [0.4, 0.5) is 0 Å². The lowest BCUT2D eigenvalue weighted by Crippen LogP contribution is -2.38. The Morgan fingerprint density at radius 1 is 1.00 bits per heavy atom. The average molecular weight is 456 g/mol. The average Bonchev–Trinajstić information content (AvgIpc) is 3.28. The Bertz CT molecular complexity index is 1200. The van der Waals surface area contributed by atoms with E-state index in [2.05, 4.69) is 10.1 Å². The fourth-order valence-corrected chi connectivity index (χ4v) is 6.34. The van der Waals surface area contributed by atoms with Gasteiger partial charge in [0.25, 0.3) is 0 Å². The van der Waals surface area contributed by atoms with Crippen LogP contribution in [-0.2, 0) is 10.0 Å². The van der Waals surface area contributed by atoms with Crippen LogP contribution in [0.3, 0.4) is 0 Å². The van der Waals surface area contributed by atoms with E-state index < -0.39 is 10.0 Å². The molecule has 0 N–H and O–H groups in total. The second-order valence-corrected chi connectivity index (χ2v) is 10.3. The first kappa shape index (κ1) is 22.5. The van der Waals surface area contributed by atoms with Crippen LogP contribution in [-0.4, -0.2) is 43.1 Å². The lowest BCUT2D eigenvalue weighted by atomic mass is 9.98. The lowest BCUT2D eigenvalue weighted by molar-refractivity contribution is 0.270. The summed E-state index contributed by atoms with van der Waals surface area (Å²) >= 11 is 0. The van der Waals surface area contributed by atoms with Crippen LogP contribution < -0.4 is 4.74 Å². The van der Waals surface area contributed by atoms with Crippen LogP contribution in [0.2, 0.25) is 0 Å². The van der Waals surface area contributed by atoms with Crippen molar-refractivity contribution in [2.45, 2.75) is 51.3 Å². The van der Waals surface area contributed by atoms with Gasteiger partial charge in [-0.15, -0.1) is 0 Å². The molecule has 0 aliphatic carbocycles. The van der Waals surface area contributed by atoms with Gasteiger partial charge in [-0.3, -0.25) is 0 Å². The highest BCUT2D eigenvalue weighted by Gasteiger charge is 2.34. The van der Waals surface area contributed by atoms with Crippen molar-refractivity contribution < 1.29 is 17.7 Å². The van der Waals surface area contributed by atoms with Gasteiger partial charge in [-0.2, -0.15) is 9.29 Å². The van der Waals surface area contributed by atoms with E-state index in [0.29, 0.717) is 42.5 Å². The minimum absolute atomic E-state index is 0.0439. The molecule has 0 saturated carbocycles. The van der Waals surface area contributed by atoms with E-state index in [4.69, 9.17) is 9.26 Å². The second-order valence-electron chi connectivity index (χ2n) is 8.45. The number of nitrogens with zero attached hydrogens (tertiary/aromatic N) is 3. The van der Waals surface area contributed by atoms with Gasteiger partial charge in [0.05, 0.1) is 12.0 Å². The zero-order chi connectivity index (χ0) is 23.0. The SMILES string of the molecule is COc1ccc(-c2noc(C3CCN(S(=O)(=O)c4c(C)c(C)cc(C)c4C)CC3)n2)cc1. The molecule has 32 heavy (non-hydrogen) atoms. The molecular formula is C24H29N3O4S. The molecule has 7 nitrogen and oxygen atoms in total. The Labute approximate surface area is 189 Å². The third kappa shape index (κ3) is 4.04. The van der Waals surface area contributed by atoms with Gasteiger partial charge < -0.3 is 9.26 Å². The predicted octanol–water partition coefficient (Wildman–Crippen LogP) is 4.55. The van der Waals surface area contributed by atoms with Crippen molar-refractivity contribution >= 4 is 10.0 Å². The quantitative estimate of drug-likeness (QED) is 0.561. The highest BCUT2D eigenvalue weighted by molar-refractivity contribution is 7.89. The fourth-order valence-electron chi connectivity index (χ4n) is 4.30. The number of hydrogen-bond acceptors (Lipinski definition) is 6. The van der Waals surface area contributed by atoms with Gasteiger partial charge in [-0.25, -0.2) is 8.42 Å². The number of hydrogen-bond donors (Lipinski definition) is 0. The maximum Gasteiger partial charge on any atom is 0.243 e. The van der Waals surface area contributed by atoms with Crippen LogP contribution >= 0.6 is 0 Å². The van der Waals surface area contributed by atoms with Crippen LogP contribution in [0, 0.1) is 27.7 Å². The number of aromatic nitrogens is 2. The standard InChI is InChI=1S/C24H29N3O4S/c1-15-14-16(2)18(4)22(17(15)3)32(28,29)27-12-10-20(11-13-27)24-25-23(26-31-24)19-6-8-21(30-5)9-7-19/h6-9,14,20H,10-13H2,1-5H3. The third-order valence-corrected chi connectivity index (χ3v) is 8.66. The van der Waals surface area contributed by atoms with E-state index in [9.17, 15) is 8.42 Å². The smallest absolute Gasteiger partial charge is 0.243 e. The summed E-state index contributed by atoms with van der Waals surface area (Å²) in [6.45, 7) is 8.56. The van der Waals surface area contributed by atoms with E-state index in [1.807, 2.05) is 58.0 Å². The van der Waals surface area contributed by atoms with Crippen molar-refractivity contribution in [1.29, 1.82) is 0 Å². The van der Waals surface area contributed by atoms with Gasteiger partial charge in [0.15, 0.2) is 0 Å². The molecule has 1 aliphatic heterocycles. The maximum atomic E-state index is 13.5. The first-order chi connectivity index (χ1) is 15.2. The number of rotatable bonds is 5. The molecule has 8 heteroatoms. The van der Waals surface area contributed by atoms with E-state index >= 15 is 0 Å². The van der Waals surface area contributed by atoms with E-state index in [-0.39, 0.29) is 5.92 Å². The van der Waals surface area contributed by atoms with Gasteiger partial charge in [0, 0.05) is 24.6 Å². The first-order valence-electron chi connectivity index (χ1n) is 10.8. The van der Waals surface area contributed by atoms with Gasteiger partial charge in [-0.1, -0.05) is 11.2 Å². The number of ether oxygens (including phenoxy) is 1. The van der Waals surface area contributed by atoms with Crippen LogP contribution in [0.25, 0.3) is 11.4 Å². The minimum atomic E-state index is -3.56. The molecule has 0 atom stereocenters. The van der Waals surface area contributed by atoms with Crippen molar-refractivity contribution in [3.05, 3.63) is 58.5 Å². The molecule has 0 amide bonds. The van der Waals surface area contributed by atoms with Crippen molar-refractivity contribution in [3.63, 3.8) is 0 Å². The summed E-state index contributed by atoms with van der Waals surface area (Å²) in [7, 11) is -1.94. The minimum Gasteiger partial charge on any atom is -0.497 e. The highest BCUT2D eigenvalue weighted by Crippen LogP contribution is 2.34. The largest absolute Gasteiger partial charge is 0.497 e. The van der Waals surface area contributed by atoms with Gasteiger partial charge in [0.2, 0.25) is 21.7 Å². The Hall–Kier alpha value is -2.71. The lowest BCUT2D eigenvalue weighted by Gasteiger charge is -2.31. The Morgan fingerprint density at radius 2 is 1.59 bits per heavy atom.